The molecule has 0 saturated heterocycles. The normalized spacial score (nSPS) is 10.4. The predicted octanol–water partition coefficient (Wildman–Crippen LogP) is -0.175. The maximum atomic E-state index is 12.7. The molecule has 0 bridgehead atoms. The lowest BCUT2D eigenvalue weighted by Crippen LogP contribution is -2.25. The molecule has 6 N–H and O–H groups in total. The molecule has 0 saturated carbocycles. The van der Waals surface area contributed by atoms with E-state index in [0.717, 1.165) is 22.0 Å². The molecule has 2 aromatic rings. The van der Waals surface area contributed by atoms with E-state index in [2.05, 4.69) is 20.9 Å². The zero-order valence-electron chi connectivity index (χ0n) is 10.9. The molecule has 0 radical (unpaired) electrons. The van der Waals surface area contributed by atoms with Gasteiger partial charge in [0.15, 0.2) is 0 Å². The van der Waals surface area contributed by atoms with Gasteiger partial charge in [-0.3, -0.25) is 10.2 Å². The van der Waals surface area contributed by atoms with Gasteiger partial charge in [-0.05, 0) is 17.7 Å². The predicted molar refractivity (Wildman–Crippen MR) is 77.0 cm³/mol. The van der Waals surface area contributed by atoms with Gasteiger partial charge < -0.3 is 11.2 Å². The van der Waals surface area contributed by atoms with Gasteiger partial charge in [-0.2, -0.15) is 0 Å². The average Bonchev–Trinajstić information content (AvgIpc) is 2.85. The first-order valence-electron chi connectivity index (χ1n) is 5.91. The van der Waals surface area contributed by atoms with Gasteiger partial charge in [0.2, 0.25) is 11.1 Å². The molecule has 0 aliphatic carbocycles. The van der Waals surface area contributed by atoms with Crippen LogP contribution in [0.3, 0.4) is 0 Å². The number of hydrogen-bond donors (Lipinski definition) is 4. The molecule has 0 aliphatic heterocycles. The number of nitrogens with zero attached hydrogens (tertiary/aromatic N) is 3. The van der Waals surface area contributed by atoms with Crippen LogP contribution in [0.4, 0.5) is 10.3 Å². The van der Waals surface area contributed by atoms with Crippen molar-refractivity contribution in [3.05, 3.63) is 35.6 Å². The Labute approximate surface area is 124 Å². The van der Waals surface area contributed by atoms with Gasteiger partial charge >= 0.3 is 0 Å². The number of anilines is 1. The lowest BCUT2D eigenvalue weighted by molar-refractivity contribution is -0.118. The van der Waals surface area contributed by atoms with Gasteiger partial charge in [0, 0.05) is 6.54 Å². The number of halogens is 1. The topological polar surface area (TPSA) is 124 Å². The van der Waals surface area contributed by atoms with Gasteiger partial charge in [-0.15, -0.1) is 10.2 Å². The van der Waals surface area contributed by atoms with E-state index < -0.39 is 0 Å². The molecule has 0 unspecified atom stereocenters. The number of carbonyl (C=O) groups excluding carboxylic acids is 1. The largest absolute Gasteiger partial charge is 0.351 e. The highest BCUT2D eigenvalue weighted by Crippen LogP contribution is 2.15. The molecule has 2 rings (SSSR count). The van der Waals surface area contributed by atoms with Crippen LogP contribution in [0.15, 0.2) is 29.4 Å². The minimum atomic E-state index is -0.313. The third-order valence-electron chi connectivity index (χ3n) is 2.53. The Morgan fingerprint density at radius 2 is 2.05 bits per heavy atom. The molecule has 1 aromatic heterocycles. The van der Waals surface area contributed by atoms with Crippen LogP contribution in [0.1, 0.15) is 5.56 Å². The van der Waals surface area contributed by atoms with Crippen molar-refractivity contribution in [2.75, 3.05) is 17.0 Å². The van der Waals surface area contributed by atoms with Crippen molar-refractivity contribution in [2.45, 2.75) is 11.7 Å². The molecule has 10 heteroatoms. The van der Waals surface area contributed by atoms with Crippen molar-refractivity contribution in [3.8, 4) is 0 Å². The first kappa shape index (κ1) is 15.1. The summed E-state index contributed by atoms with van der Waals surface area (Å²) in [6.07, 6.45) is 0. The Balaban J connectivity index is 1.79. The van der Waals surface area contributed by atoms with Crippen LogP contribution in [0.2, 0.25) is 0 Å². The Bertz CT molecular complexity index is 616. The number of thioether (sulfide) groups is 1. The minimum Gasteiger partial charge on any atom is -0.351 e. The molecule has 21 heavy (non-hydrogen) atoms. The van der Waals surface area contributed by atoms with E-state index in [0.29, 0.717) is 11.7 Å². The van der Waals surface area contributed by atoms with E-state index >= 15 is 0 Å². The highest BCUT2D eigenvalue weighted by Gasteiger charge is 2.11. The molecule has 0 fully saturated rings. The average molecular weight is 311 g/mol. The van der Waals surface area contributed by atoms with Crippen LogP contribution >= 0.6 is 11.8 Å². The Morgan fingerprint density at radius 3 is 2.67 bits per heavy atom. The number of benzene rings is 1. The molecule has 112 valence electrons. The number of rotatable bonds is 6. The maximum absolute atomic E-state index is 12.7. The number of nitrogens with two attached hydrogens (primary N) is 2. The van der Waals surface area contributed by atoms with E-state index in [4.69, 9.17) is 11.7 Å². The number of hydrogen-bond acceptors (Lipinski definition) is 7. The fraction of sp³-hybridized carbons (Fsp3) is 0.182. The third kappa shape index (κ3) is 4.07. The van der Waals surface area contributed by atoms with Gasteiger partial charge in [0.25, 0.3) is 5.95 Å². The fourth-order valence-electron chi connectivity index (χ4n) is 1.46. The van der Waals surface area contributed by atoms with E-state index in [-0.39, 0.29) is 23.4 Å². The van der Waals surface area contributed by atoms with Crippen molar-refractivity contribution >= 4 is 23.6 Å². The highest BCUT2D eigenvalue weighted by molar-refractivity contribution is 7.99. The van der Waals surface area contributed by atoms with Crippen molar-refractivity contribution in [3.63, 3.8) is 0 Å². The van der Waals surface area contributed by atoms with Crippen LogP contribution in [0, 0.1) is 5.82 Å². The molecular formula is C11H14FN7OS. The van der Waals surface area contributed by atoms with Crippen LogP contribution in [-0.4, -0.2) is 26.5 Å². The number of nitrogens with one attached hydrogen (secondary N) is 2. The standard InChI is InChI=1S/C11H14FN7OS/c12-8-3-1-7(2-4-8)5-15-9(20)6-21-11-18-17-10(16-13)19(11)14/h1-4H,5-6,13-14H2,(H,15,20)(H,16,17). The zero-order valence-corrected chi connectivity index (χ0v) is 11.7. The van der Waals surface area contributed by atoms with Crippen molar-refractivity contribution in [1.82, 2.24) is 20.2 Å². The minimum absolute atomic E-state index is 0.126. The van der Waals surface area contributed by atoms with Crippen molar-refractivity contribution in [2.24, 2.45) is 5.84 Å². The summed E-state index contributed by atoms with van der Waals surface area (Å²) in [6.45, 7) is 0.324. The van der Waals surface area contributed by atoms with Gasteiger partial charge in [-0.1, -0.05) is 23.9 Å². The molecule has 0 spiro atoms. The molecule has 0 atom stereocenters. The number of carbonyl (C=O) groups is 1. The van der Waals surface area contributed by atoms with Crippen molar-refractivity contribution in [1.29, 1.82) is 0 Å². The lowest BCUT2D eigenvalue weighted by atomic mass is 10.2. The molecule has 1 aromatic carbocycles. The molecule has 1 heterocycles. The van der Waals surface area contributed by atoms with Crippen LogP contribution in [0.5, 0.6) is 0 Å². The first-order valence-corrected chi connectivity index (χ1v) is 6.89. The second kappa shape index (κ2) is 6.90. The number of hydrazine groups is 1. The van der Waals surface area contributed by atoms with Crippen LogP contribution < -0.4 is 22.4 Å². The third-order valence-corrected chi connectivity index (χ3v) is 3.47. The first-order chi connectivity index (χ1) is 10.1. The Hall–Kier alpha value is -2.33. The highest BCUT2D eigenvalue weighted by atomic mass is 32.2. The fourth-order valence-corrected chi connectivity index (χ4v) is 2.14. The van der Waals surface area contributed by atoms with E-state index in [1.165, 1.54) is 12.1 Å². The summed E-state index contributed by atoms with van der Waals surface area (Å²) in [5, 5.41) is 10.5. The maximum Gasteiger partial charge on any atom is 0.258 e. The number of aromatic nitrogens is 3. The molecule has 8 nitrogen and oxygen atoms in total. The lowest BCUT2D eigenvalue weighted by Gasteiger charge is -2.05. The van der Waals surface area contributed by atoms with Gasteiger partial charge in [0.05, 0.1) is 5.75 Å². The summed E-state index contributed by atoms with van der Waals surface area (Å²) in [4.78, 5) is 11.7. The quantitative estimate of drug-likeness (QED) is 0.331. The Morgan fingerprint density at radius 1 is 1.33 bits per heavy atom. The second-order valence-electron chi connectivity index (χ2n) is 4.01. The number of nitrogen functional groups attached to an aromatic ring is 2. The monoisotopic (exact) mass is 311 g/mol. The molecular weight excluding hydrogens is 297 g/mol. The van der Waals surface area contributed by atoms with Gasteiger partial charge in [-0.25, -0.2) is 14.9 Å². The molecule has 0 aliphatic rings. The van der Waals surface area contributed by atoms with Crippen LogP contribution in [0.25, 0.3) is 0 Å². The summed E-state index contributed by atoms with van der Waals surface area (Å²) in [5.74, 6) is 10.6. The van der Waals surface area contributed by atoms with E-state index in [1.54, 1.807) is 12.1 Å². The molecule has 1 amide bonds. The van der Waals surface area contributed by atoms with Crippen molar-refractivity contribution < 1.29 is 9.18 Å². The SMILES string of the molecule is NNc1nnc(SCC(=O)NCc2ccc(F)cc2)n1N. The summed E-state index contributed by atoms with van der Waals surface area (Å²) >= 11 is 1.13. The number of amides is 1. The van der Waals surface area contributed by atoms with E-state index in [1.807, 2.05) is 0 Å². The summed E-state index contributed by atoms with van der Waals surface area (Å²) in [7, 11) is 0. The Kier molecular flexibility index (Phi) is 4.95. The summed E-state index contributed by atoms with van der Waals surface area (Å²) < 4.78 is 13.9. The van der Waals surface area contributed by atoms with Crippen LogP contribution in [-0.2, 0) is 11.3 Å². The zero-order chi connectivity index (χ0) is 15.2. The smallest absolute Gasteiger partial charge is 0.258 e. The second-order valence-corrected chi connectivity index (χ2v) is 4.95. The summed E-state index contributed by atoms with van der Waals surface area (Å²) in [5.41, 5.74) is 3.09. The summed E-state index contributed by atoms with van der Waals surface area (Å²) in [6, 6.07) is 5.90. The van der Waals surface area contributed by atoms with Gasteiger partial charge in [0.1, 0.15) is 5.82 Å². The van der Waals surface area contributed by atoms with E-state index in [9.17, 15) is 9.18 Å².